The Bertz CT molecular complexity index is 928. The van der Waals surface area contributed by atoms with Gasteiger partial charge in [-0.05, 0) is 25.0 Å². The van der Waals surface area contributed by atoms with Gasteiger partial charge in [-0.3, -0.25) is 14.3 Å². The molecule has 140 valence electrons. The third-order valence-corrected chi connectivity index (χ3v) is 6.55. The van der Waals surface area contributed by atoms with Crippen LogP contribution in [0.15, 0.2) is 24.4 Å². The van der Waals surface area contributed by atoms with Gasteiger partial charge < -0.3 is 4.74 Å². The summed E-state index contributed by atoms with van der Waals surface area (Å²) < 4.78 is 7.28. The molecule has 2 amide bonds. The summed E-state index contributed by atoms with van der Waals surface area (Å²) in [5.41, 5.74) is 0.689. The molecule has 3 aliphatic rings. The van der Waals surface area contributed by atoms with Crippen LogP contribution in [0.4, 0.5) is 5.82 Å². The number of carbonyl (C=O) groups excluding carboxylic acids is 2. The Labute approximate surface area is 169 Å². The van der Waals surface area contributed by atoms with Gasteiger partial charge in [0.25, 0.3) is 0 Å². The van der Waals surface area contributed by atoms with Crippen LogP contribution in [-0.4, -0.2) is 33.8 Å². The molecule has 0 radical (unpaired) electrons. The first-order chi connectivity index (χ1) is 13.0. The standard InChI is InChI=1S/C18H14Cl3N3O3/c19-9-2-1-3-10(20)8(9)6-23-7-11(21)16(22-23)24-17(25)14-12-4-5-13(27-12)15(14)18(24)26/h1-3,7,12-15H,4-6H2/t12-,13-,14+,15+/m1/s1. The van der Waals surface area contributed by atoms with Crippen LogP contribution in [0.5, 0.6) is 0 Å². The molecule has 9 heteroatoms. The molecule has 27 heavy (non-hydrogen) atoms. The number of fused-ring (bicyclic) bond motifs is 5. The van der Waals surface area contributed by atoms with Crippen molar-refractivity contribution in [2.24, 2.45) is 11.8 Å². The Morgan fingerprint density at radius 3 is 2.19 bits per heavy atom. The predicted molar refractivity (Wildman–Crippen MR) is 100 cm³/mol. The first-order valence-electron chi connectivity index (χ1n) is 8.65. The molecule has 4 atom stereocenters. The molecule has 6 nitrogen and oxygen atoms in total. The Kier molecular flexibility index (Phi) is 4.02. The van der Waals surface area contributed by atoms with Crippen molar-refractivity contribution in [2.45, 2.75) is 31.6 Å². The van der Waals surface area contributed by atoms with E-state index in [1.807, 2.05) is 0 Å². The third-order valence-electron chi connectivity index (χ3n) is 5.58. The summed E-state index contributed by atoms with van der Waals surface area (Å²) in [7, 11) is 0. The molecule has 3 aliphatic heterocycles. The van der Waals surface area contributed by atoms with Crippen LogP contribution >= 0.6 is 34.8 Å². The quantitative estimate of drug-likeness (QED) is 0.704. The van der Waals surface area contributed by atoms with Gasteiger partial charge in [-0.15, -0.1) is 0 Å². The highest BCUT2D eigenvalue weighted by atomic mass is 35.5. The first-order valence-corrected chi connectivity index (χ1v) is 9.78. The normalized spacial score (nSPS) is 29.1. The van der Waals surface area contributed by atoms with Gasteiger partial charge in [0.1, 0.15) is 5.02 Å². The fourth-order valence-electron chi connectivity index (χ4n) is 4.39. The molecule has 0 N–H and O–H groups in total. The summed E-state index contributed by atoms with van der Waals surface area (Å²) in [5, 5.41) is 5.62. The van der Waals surface area contributed by atoms with Gasteiger partial charge in [0.2, 0.25) is 11.8 Å². The maximum atomic E-state index is 12.9. The number of carbonyl (C=O) groups is 2. The Balaban J connectivity index is 1.47. The highest BCUT2D eigenvalue weighted by Crippen LogP contribution is 2.49. The van der Waals surface area contributed by atoms with Gasteiger partial charge >= 0.3 is 0 Å². The lowest BCUT2D eigenvalue weighted by atomic mass is 9.81. The van der Waals surface area contributed by atoms with E-state index in [0.717, 1.165) is 17.7 Å². The molecule has 5 rings (SSSR count). The smallest absolute Gasteiger partial charge is 0.241 e. The highest BCUT2D eigenvalue weighted by Gasteiger charge is 2.63. The van der Waals surface area contributed by atoms with E-state index in [4.69, 9.17) is 39.5 Å². The van der Waals surface area contributed by atoms with Crippen LogP contribution in [0.1, 0.15) is 18.4 Å². The Morgan fingerprint density at radius 2 is 1.59 bits per heavy atom. The Hall–Kier alpha value is -1.60. The third kappa shape index (κ3) is 2.54. The number of aromatic nitrogens is 2. The van der Waals surface area contributed by atoms with Crippen LogP contribution in [0, 0.1) is 11.8 Å². The first kappa shape index (κ1) is 17.5. The number of halogens is 3. The zero-order valence-corrected chi connectivity index (χ0v) is 16.2. The molecule has 4 heterocycles. The van der Waals surface area contributed by atoms with E-state index in [9.17, 15) is 9.59 Å². The van der Waals surface area contributed by atoms with Crippen molar-refractivity contribution in [2.75, 3.05) is 4.90 Å². The van der Waals surface area contributed by atoms with Crippen molar-refractivity contribution < 1.29 is 14.3 Å². The number of hydrogen-bond acceptors (Lipinski definition) is 4. The van der Waals surface area contributed by atoms with Gasteiger partial charge in [-0.25, -0.2) is 4.90 Å². The number of anilines is 1. The van der Waals surface area contributed by atoms with Crippen molar-refractivity contribution in [1.82, 2.24) is 9.78 Å². The number of nitrogens with zero attached hydrogens (tertiary/aromatic N) is 3. The molecule has 0 unspecified atom stereocenters. The average molecular weight is 427 g/mol. The van der Waals surface area contributed by atoms with E-state index in [-0.39, 0.29) is 41.4 Å². The second kappa shape index (κ2) is 6.21. The minimum absolute atomic E-state index is 0.156. The molecule has 1 aromatic carbocycles. The molecule has 3 fully saturated rings. The van der Waals surface area contributed by atoms with E-state index in [2.05, 4.69) is 5.10 Å². The van der Waals surface area contributed by atoms with Gasteiger partial charge in [0.05, 0.1) is 30.6 Å². The van der Waals surface area contributed by atoms with Crippen molar-refractivity contribution in [1.29, 1.82) is 0 Å². The van der Waals surface area contributed by atoms with Gasteiger partial charge in [0.15, 0.2) is 5.82 Å². The maximum absolute atomic E-state index is 12.9. The summed E-state index contributed by atoms with van der Waals surface area (Å²) >= 11 is 18.7. The lowest BCUT2D eigenvalue weighted by molar-refractivity contribution is -0.124. The van der Waals surface area contributed by atoms with E-state index >= 15 is 0 Å². The van der Waals surface area contributed by atoms with Gasteiger partial charge in [-0.1, -0.05) is 40.9 Å². The van der Waals surface area contributed by atoms with E-state index in [1.165, 1.54) is 4.68 Å². The monoisotopic (exact) mass is 425 g/mol. The molecule has 1 aromatic heterocycles. The largest absolute Gasteiger partial charge is 0.373 e. The number of hydrogen-bond donors (Lipinski definition) is 0. The number of benzene rings is 1. The lowest BCUT2D eigenvalue weighted by Crippen LogP contribution is -2.34. The predicted octanol–water partition coefficient (Wildman–Crippen LogP) is 3.56. The number of rotatable bonds is 3. The SMILES string of the molecule is O=C1[C@@H]2[C@@H](C(=O)N1c1nn(Cc3c(Cl)cccc3Cl)cc1Cl)[C@H]1CC[C@H]2O1. The van der Waals surface area contributed by atoms with E-state index in [0.29, 0.717) is 15.6 Å². The van der Waals surface area contributed by atoms with Crippen LogP contribution in [-0.2, 0) is 20.9 Å². The van der Waals surface area contributed by atoms with E-state index in [1.54, 1.807) is 24.4 Å². The molecule has 0 spiro atoms. The number of ether oxygens (including phenoxy) is 1. The molecule has 3 saturated heterocycles. The van der Waals surface area contributed by atoms with Crippen molar-refractivity contribution in [3.63, 3.8) is 0 Å². The molecular weight excluding hydrogens is 413 g/mol. The second-order valence-corrected chi connectivity index (χ2v) is 8.27. The molecule has 0 aliphatic carbocycles. The number of amides is 2. The summed E-state index contributed by atoms with van der Waals surface area (Å²) in [6, 6.07) is 5.23. The van der Waals surface area contributed by atoms with Crippen LogP contribution < -0.4 is 4.90 Å². The van der Waals surface area contributed by atoms with Crippen molar-refractivity contribution in [3.05, 3.63) is 45.0 Å². The molecule has 0 saturated carbocycles. The zero-order valence-electron chi connectivity index (χ0n) is 13.9. The fourth-order valence-corrected chi connectivity index (χ4v) is 5.14. The lowest BCUT2D eigenvalue weighted by Gasteiger charge is -2.15. The van der Waals surface area contributed by atoms with Crippen LogP contribution in [0.25, 0.3) is 0 Å². The minimum atomic E-state index is -0.421. The molecule has 2 aromatic rings. The van der Waals surface area contributed by atoms with E-state index < -0.39 is 11.8 Å². The fraction of sp³-hybridized carbons (Fsp3) is 0.389. The Morgan fingerprint density at radius 1 is 1.00 bits per heavy atom. The summed E-state index contributed by atoms with van der Waals surface area (Å²) in [6.45, 7) is 0.273. The molecular formula is C18H14Cl3N3O3. The van der Waals surface area contributed by atoms with Crippen LogP contribution in [0.2, 0.25) is 15.1 Å². The summed E-state index contributed by atoms with van der Waals surface area (Å²) in [5.74, 6) is -1.24. The van der Waals surface area contributed by atoms with Gasteiger partial charge in [0, 0.05) is 21.8 Å². The van der Waals surface area contributed by atoms with Gasteiger partial charge in [-0.2, -0.15) is 5.10 Å². The van der Waals surface area contributed by atoms with Crippen molar-refractivity contribution >= 4 is 52.4 Å². The summed E-state index contributed by atoms with van der Waals surface area (Å²) in [6.07, 6.45) is 2.84. The van der Waals surface area contributed by atoms with Crippen molar-refractivity contribution in [3.8, 4) is 0 Å². The minimum Gasteiger partial charge on any atom is -0.373 e. The molecule has 2 bridgehead atoms. The topological polar surface area (TPSA) is 64.4 Å². The highest BCUT2D eigenvalue weighted by molar-refractivity contribution is 6.36. The number of imide groups is 1. The average Bonchev–Trinajstić information content (AvgIpc) is 3.36. The van der Waals surface area contributed by atoms with Crippen LogP contribution in [0.3, 0.4) is 0 Å². The maximum Gasteiger partial charge on any atom is 0.241 e. The summed E-state index contributed by atoms with van der Waals surface area (Å²) in [4.78, 5) is 26.9. The zero-order chi connectivity index (χ0) is 18.9. The second-order valence-electron chi connectivity index (χ2n) is 7.05.